The molecule has 8 nitrogen and oxygen atoms in total. The number of hydrogen-bond acceptors (Lipinski definition) is 6. The van der Waals surface area contributed by atoms with Crippen molar-refractivity contribution in [2.24, 2.45) is 0 Å². The number of nitrogens with one attached hydrogen (secondary N) is 1. The summed E-state index contributed by atoms with van der Waals surface area (Å²) >= 11 is 0. The van der Waals surface area contributed by atoms with E-state index in [9.17, 15) is 19.6 Å². The number of Topliss-reactive ketones (excluding diaryl/α,β-unsaturated/α-hetero) is 1. The molecule has 2 aromatic carbocycles. The van der Waals surface area contributed by atoms with E-state index in [0.717, 1.165) is 22.8 Å². The van der Waals surface area contributed by atoms with Gasteiger partial charge in [-0.3, -0.25) is 9.59 Å². The molecule has 1 aromatic heterocycles. The number of benzene rings is 2. The quantitative estimate of drug-likeness (QED) is 0.213. The summed E-state index contributed by atoms with van der Waals surface area (Å²) < 4.78 is 12.5. The molecular weight excluding hydrogens is 458 g/mol. The second-order valence-electron chi connectivity index (χ2n) is 8.20. The van der Waals surface area contributed by atoms with E-state index in [1.807, 2.05) is 54.8 Å². The summed E-state index contributed by atoms with van der Waals surface area (Å²) in [6, 6.07) is 17.5. The summed E-state index contributed by atoms with van der Waals surface area (Å²) in [7, 11) is 1.60. The molecular formula is C28H27N3O5. The van der Waals surface area contributed by atoms with Gasteiger partial charge in [0.1, 0.15) is 17.4 Å². The standard InChI is InChI=1S/C28H27N3O5/c1-17-14-22(18(2)31(17)25-10-12-26(35-5)13-11-25)15-23(16-29)28(34)36-19(3)27(33)21-6-8-24(9-7-21)30-20(4)32/h6-15,19H,1-5H3,(H,30,32)/b23-15+. The number of hydrogen-bond donors (Lipinski definition) is 1. The lowest BCUT2D eigenvalue weighted by atomic mass is 10.1. The van der Waals surface area contributed by atoms with Gasteiger partial charge in [-0.15, -0.1) is 0 Å². The van der Waals surface area contributed by atoms with E-state index < -0.39 is 17.9 Å². The van der Waals surface area contributed by atoms with Crippen LogP contribution in [0.15, 0.2) is 60.2 Å². The van der Waals surface area contributed by atoms with Gasteiger partial charge in [-0.25, -0.2) is 4.79 Å². The number of aromatic nitrogens is 1. The highest BCUT2D eigenvalue weighted by Crippen LogP contribution is 2.25. The molecule has 0 bridgehead atoms. The van der Waals surface area contributed by atoms with Gasteiger partial charge in [0.05, 0.1) is 7.11 Å². The Kier molecular flexibility index (Phi) is 8.07. The molecule has 0 aliphatic rings. The number of carbonyl (C=O) groups is 3. The molecule has 0 fully saturated rings. The van der Waals surface area contributed by atoms with E-state index in [0.29, 0.717) is 16.8 Å². The van der Waals surface area contributed by atoms with Crippen LogP contribution in [0.4, 0.5) is 5.69 Å². The number of rotatable bonds is 8. The zero-order valence-corrected chi connectivity index (χ0v) is 20.8. The Morgan fingerprint density at radius 3 is 2.25 bits per heavy atom. The fourth-order valence-corrected chi connectivity index (χ4v) is 3.79. The Hall–Kier alpha value is -4.64. The average Bonchev–Trinajstić information content (AvgIpc) is 3.14. The first-order valence-corrected chi connectivity index (χ1v) is 11.2. The maximum absolute atomic E-state index is 12.7. The molecule has 1 unspecified atom stereocenters. The lowest BCUT2D eigenvalue weighted by molar-refractivity contribution is -0.141. The Morgan fingerprint density at radius 1 is 1.06 bits per heavy atom. The van der Waals surface area contributed by atoms with Crippen LogP contribution in [-0.4, -0.2) is 35.4 Å². The van der Waals surface area contributed by atoms with Crippen LogP contribution in [0.1, 0.15) is 41.2 Å². The fourth-order valence-electron chi connectivity index (χ4n) is 3.79. The predicted octanol–water partition coefficient (Wildman–Crippen LogP) is 4.78. The molecule has 3 aromatic rings. The molecule has 8 heteroatoms. The minimum Gasteiger partial charge on any atom is -0.497 e. The molecule has 0 aliphatic carbocycles. The molecule has 184 valence electrons. The monoisotopic (exact) mass is 485 g/mol. The largest absolute Gasteiger partial charge is 0.497 e. The Bertz CT molecular complexity index is 1360. The molecule has 1 atom stereocenters. The van der Waals surface area contributed by atoms with Crippen molar-refractivity contribution in [1.29, 1.82) is 5.26 Å². The summed E-state index contributed by atoms with van der Waals surface area (Å²) in [6.07, 6.45) is 0.358. The van der Waals surface area contributed by atoms with Crippen LogP contribution in [0, 0.1) is 25.2 Å². The van der Waals surface area contributed by atoms with Crippen molar-refractivity contribution in [3.63, 3.8) is 0 Å². The number of ether oxygens (including phenoxy) is 2. The Balaban J connectivity index is 1.77. The van der Waals surface area contributed by atoms with Crippen LogP contribution >= 0.6 is 0 Å². The number of esters is 1. The van der Waals surface area contributed by atoms with E-state index in [1.165, 1.54) is 32.1 Å². The SMILES string of the molecule is COc1ccc(-n2c(C)cc(/C=C(\C#N)C(=O)OC(C)C(=O)c3ccc(NC(C)=O)cc3)c2C)cc1. The van der Waals surface area contributed by atoms with Crippen LogP contribution < -0.4 is 10.1 Å². The highest BCUT2D eigenvalue weighted by molar-refractivity contribution is 6.03. The van der Waals surface area contributed by atoms with Gasteiger partial charge in [0.15, 0.2) is 6.10 Å². The third kappa shape index (κ3) is 5.88. The number of aryl methyl sites for hydroxylation is 1. The Morgan fingerprint density at radius 2 is 1.69 bits per heavy atom. The van der Waals surface area contributed by atoms with Crippen molar-refractivity contribution in [1.82, 2.24) is 4.57 Å². The molecule has 36 heavy (non-hydrogen) atoms. The van der Waals surface area contributed by atoms with Crippen molar-refractivity contribution in [3.8, 4) is 17.5 Å². The number of ketones is 1. The van der Waals surface area contributed by atoms with E-state index in [4.69, 9.17) is 9.47 Å². The van der Waals surface area contributed by atoms with E-state index >= 15 is 0 Å². The van der Waals surface area contributed by atoms with Gasteiger partial charge in [-0.1, -0.05) is 0 Å². The molecule has 0 radical (unpaired) electrons. The predicted molar refractivity (Wildman–Crippen MR) is 136 cm³/mol. The molecule has 1 amide bonds. The molecule has 1 N–H and O–H groups in total. The lowest BCUT2D eigenvalue weighted by Crippen LogP contribution is -2.25. The van der Waals surface area contributed by atoms with Crippen LogP contribution in [0.2, 0.25) is 0 Å². The summed E-state index contributed by atoms with van der Waals surface area (Å²) in [5.74, 6) is -0.796. The lowest BCUT2D eigenvalue weighted by Gasteiger charge is -2.12. The van der Waals surface area contributed by atoms with Crippen molar-refractivity contribution in [3.05, 3.63) is 82.7 Å². The second-order valence-corrected chi connectivity index (χ2v) is 8.20. The third-order valence-electron chi connectivity index (χ3n) is 5.58. The van der Waals surface area contributed by atoms with Crippen LogP contribution in [0.3, 0.4) is 0 Å². The number of nitrogens with zero attached hydrogens (tertiary/aromatic N) is 2. The van der Waals surface area contributed by atoms with Crippen molar-refractivity contribution in [2.75, 3.05) is 12.4 Å². The molecule has 0 spiro atoms. The number of carbonyl (C=O) groups excluding carboxylic acids is 3. The van der Waals surface area contributed by atoms with Gasteiger partial charge in [0, 0.05) is 35.2 Å². The first-order chi connectivity index (χ1) is 17.1. The minimum atomic E-state index is -1.10. The summed E-state index contributed by atoms with van der Waals surface area (Å²) in [5, 5.41) is 12.2. The number of nitriles is 1. The average molecular weight is 486 g/mol. The molecule has 0 aliphatic heterocycles. The van der Waals surface area contributed by atoms with Gasteiger partial charge in [-0.05, 0) is 87.0 Å². The molecule has 3 rings (SSSR count). The molecule has 0 saturated heterocycles. The highest BCUT2D eigenvalue weighted by Gasteiger charge is 2.22. The van der Waals surface area contributed by atoms with Gasteiger partial charge < -0.3 is 19.4 Å². The van der Waals surface area contributed by atoms with E-state index in [-0.39, 0.29) is 11.5 Å². The third-order valence-corrected chi connectivity index (χ3v) is 5.58. The van der Waals surface area contributed by atoms with Crippen molar-refractivity contribution >= 4 is 29.4 Å². The van der Waals surface area contributed by atoms with E-state index in [2.05, 4.69) is 5.32 Å². The summed E-state index contributed by atoms with van der Waals surface area (Å²) in [4.78, 5) is 36.6. The van der Waals surface area contributed by atoms with E-state index in [1.54, 1.807) is 19.2 Å². The smallest absolute Gasteiger partial charge is 0.349 e. The van der Waals surface area contributed by atoms with Crippen molar-refractivity contribution in [2.45, 2.75) is 33.8 Å². The van der Waals surface area contributed by atoms with Crippen molar-refractivity contribution < 1.29 is 23.9 Å². The van der Waals surface area contributed by atoms with Gasteiger partial charge in [0.2, 0.25) is 11.7 Å². The minimum absolute atomic E-state index is 0.217. The second kappa shape index (κ2) is 11.2. The fraction of sp³-hybridized carbons (Fsp3) is 0.214. The van der Waals surface area contributed by atoms with Gasteiger partial charge in [-0.2, -0.15) is 5.26 Å². The maximum Gasteiger partial charge on any atom is 0.349 e. The number of amides is 1. The Labute approximate surface area is 209 Å². The first kappa shape index (κ1) is 26.0. The highest BCUT2D eigenvalue weighted by atomic mass is 16.5. The zero-order chi connectivity index (χ0) is 26.4. The van der Waals surface area contributed by atoms with Crippen LogP contribution in [0.5, 0.6) is 5.75 Å². The zero-order valence-electron chi connectivity index (χ0n) is 20.8. The topological polar surface area (TPSA) is 110 Å². The first-order valence-electron chi connectivity index (χ1n) is 11.2. The molecule has 1 heterocycles. The van der Waals surface area contributed by atoms with Crippen LogP contribution in [0.25, 0.3) is 11.8 Å². The summed E-state index contributed by atoms with van der Waals surface area (Å²) in [6.45, 7) is 6.65. The normalized spacial score (nSPS) is 11.8. The number of anilines is 1. The summed E-state index contributed by atoms with van der Waals surface area (Å²) in [5.41, 5.74) is 3.99. The maximum atomic E-state index is 12.7. The van der Waals surface area contributed by atoms with Gasteiger partial charge >= 0.3 is 5.97 Å². The number of methoxy groups -OCH3 is 1. The molecule has 0 saturated carbocycles. The van der Waals surface area contributed by atoms with Crippen LogP contribution in [-0.2, 0) is 14.3 Å². The van der Waals surface area contributed by atoms with Gasteiger partial charge in [0.25, 0.3) is 0 Å².